The van der Waals surface area contributed by atoms with Gasteiger partial charge in [-0.15, -0.1) is 24.0 Å². The Morgan fingerprint density at radius 1 is 1.19 bits per heavy atom. The van der Waals surface area contributed by atoms with Gasteiger partial charge in [0.25, 0.3) is 0 Å². The van der Waals surface area contributed by atoms with Crippen LogP contribution in [0.1, 0.15) is 31.7 Å². The summed E-state index contributed by atoms with van der Waals surface area (Å²) in [6.07, 6.45) is 3.52. The predicted molar refractivity (Wildman–Crippen MR) is 140 cm³/mol. The molecule has 1 aromatic carbocycles. The zero-order chi connectivity index (χ0) is 21.5. The van der Waals surface area contributed by atoms with Gasteiger partial charge in [0.1, 0.15) is 0 Å². The summed E-state index contributed by atoms with van der Waals surface area (Å²) in [5, 5.41) is 3.45. The Hall–Kier alpha value is -1.39. The number of aliphatic imine (C=N–C) groups is 1. The molecule has 178 valence electrons. The molecule has 0 aliphatic carbocycles. The highest BCUT2D eigenvalue weighted by Gasteiger charge is 2.27. The lowest BCUT2D eigenvalue weighted by atomic mass is 10.1. The minimum Gasteiger partial charge on any atom is -0.379 e. The van der Waals surface area contributed by atoms with Crippen molar-refractivity contribution in [3.63, 3.8) is 0 Å². The molecule has 2 fully saturated rings. The zero-order valence-electron chi connectivity index (χ0n) is 19.3. The highest BCUT2D eigenvalue weighted by molar-refractivity contribution is 14.0. The van der Waals surface area contributed by atoms with Gasteiger partial charge in [0, 0.05) is 64.5 Å². The Morgan fingerprint density at radius 2 is 2.00 bits per heavy atom. The molecule has 7 nitrogen and oxygen atoms in total. The lowest BCUT2D eigenvalue weighted by Crippen LogP contribution is -2.42. The second kappa shape index (κ2) is 12.7. The summed E-state index contributed by atoms with van der Waals surface area (Å²) in [6, 6.07) is 8.24. The number of halogens is 1. The van der Waals surface area contributed by atoms with E-state index in [1.807, 2.05) is 17.0 Å². The van der Waals surface area contributed by atoms with Gasteiger partial charge in [0.05, 0.1) is 13.2 Å². The van der Waals surface area contributed by atoms with Crippen LogP contribution in [0.2, 0.25) is 0 Å². The van der Waals surface area contributed by atoms with Crippen molar-refractivity contribution in [2.75, 3.05) is 70.5 Å². The molecule has 3 aliphatic heterocycles. The monoisotopic (exact) mass is 555 g/mol. The summed E-state index contributed by atoms with van der Waals surface area (Å²) in [4.78, 5) is 24.4. The first-order valence-corrected chi connectivity index (χ1v) is 12.0. The summed E-state index contributed by atoms with van der Waals surface area (Å²) < 4.78 is 5.47. The molecule has 1 N–H and O–H groups in total. The van der Waals surface area contributed by atoms with Crippen LogP contribution in [-0.2, 0) is 16.0 Å². The van der Waals surface area contributed by atoms with Crippen molar-refractivity contribution in [3.8, 4) is 0 Å². The lowest BCUT2D eigenvalue weighted by Gasteiger charge is -2.29. The number of para-hydroxylation sites is 1. The number of likely N-dealkylation sites (tertiary alicyclic amines) is 1. The molecule has 1 aromatic rings. The van der Waals surface area contributed by atoms with Gasteiger partial charge in [-0.3, -0.25) is 14.7 Å². The topological polar surface area (TPSA) is 60.4 Å². The summed E-state index contributed by atoms with van der Waals surface area (Å²) in [5.41, 5.74) is 2.37. The largest absolute Gasteiger partial charge is 0.379 e. The van der Waals surface area contributed by atoms with Gasteiger partial charge in [0.15, 0.2) is 5.96 Å². The number of rotatable bonds is 7. The van der Waals surface area contributed by atoms with E-state index in [2.05, 4.69) is 34.2 Å². The van der Waals surface area contributed by atoms with E-state index in [1.54, 1.807) is 0 Å². The average Bonchev–Trinajstić information content (AvgIpc) is 3.44. The number of carbonyl (C=O) groups excluding carboxylic acids is 1. The van der Waals surface area contributed by atoms with Gasteiger partial charge in [-0.2, -0.15) is 0 Å². The molecule has 0 spiro atoms. The van der Waals surface area contributed by atoms with Crippen LogP contribution in [-0.4, -0.2) is 87.2 Å². The highest BCUT2D eigenvalue weighted by Crippen LogP contribution is 2.28. The van der Waals surface area contributed by atoms with Gasteiger partial charge in [-0.05, 0) is 43.7 Å². The molecule has 3 aliphatic rings. The smallest absolute Gasteiger partial charge is 0.227 e. The molecule has 1 amide bonds. The van der Waals surface area contributed by atoms with Crippen molar-refractivity contribution >= 4 is 41.5 Å². The third-order valence-electron chi connectivity index (χ3n) is 6.54. The normalized spacial score (nSPS) is 21.4. The molecule has 0 aromatic heterocycles. The van der Waals surface area contributed by atoms with Crippen molar-refractivity contribution in [1.29, 1.82) is 0 Å². The van der Waals surface area contributed by atoms with Crippen LogP contribution in [0.25, 0.3) is 0 Å². The lowest BCUT2D eigenvalue weighted by molar-refractivity contribution is -0.118. The van der Waals surface area contributed by atoms with E-state index in [-0.39, 0.29) is 29.9 Å². The predicted octanol–water partition coefficient (Wildman–Crippen LogP) is 2.59. The van der Waals surface area contributed by atoms with Gasteiger partial charge in [0.2, 0.25) is 5.91 Å². The van der Waals surface area contributed by atoms with Gasteiger partial charge in [-0.25, -0.2) is 0 Å². The molecule has 1 unspecified atom stereocenters. The maximum absolute atomic E-state index is 12.7. The van der Waals surface area contributed by atoms with E-state index in [1.165, 1.54) is 12.0 Å². The Balaban J connectivity index is 0.00000289. The van der Waals surface area contributed by atoms with E-state index >= 15 is 0 Å². The standard InChI is InChI=1S/C24H37N5O2.HI/c1-2-25-24(28-12-9-20(19-28)18-27-14-16-31-17-15-27)26-11-5-8-23(30)29-13-10-21-6-3-4-7-22(21)29;/h3-4,6-7,20H,2,5,8-19H2,1H3,(H,25,26);1H. The van der Waals surface area contributed by atoms with Gasteiger partial charge >= 0.3 is 0 Å². The second-order valence-corrected chi connectivity index (χ2v) is 8.78. The quantitative estimate of drug-likeness (QED) is 0.243. The molecule has 32 heavy (non-hydrogen) atoms. The number of hydrogen-bond donors (Lipinski definition) is 1. The number of guanidine groups is 1. The van der Waals surface area contributed by atoms with Crippen LogP contribution in [0, 0.1) is 5.92 Å². The van der Waals surface area contributed by atoms with Crippen LogP contribution in [0.5, 0.6) is 0 Å². The molecular formula is C24H38IN5O2. The first kappa shape index (κ1) is 25.2. The van der Waals surface area contributed by atoms with Crippen LogP contribution in [0.3, 0.4) is 0 Å². The fourth-order valence-corrected chi connectivity index (χ4v) is 4.90. The fraction of sp³-hybridized carbons (Fsp3) is 0.667. The number of amides is 1. The number of hydrogen-bond acceptors (Lipinski definition) is 4. The van der Waals surface area contributed by atoms with Crippen LogP contribution in [0.15, 0.2) is 29.3 Å². The first-order chi connectivity index (χ1) is 15.2. The molecule has 0 saturated carbocycles. The number of fused-ring (bicyclic) bond motifs is 1. The van der Waals surface area contributed by atoms with E-state index in [9.17, 15) is 4.79 Å². The number of carbonyl (C=O) groups is 1. The van der Waals surface area contributed by atoms with Crippen molar-refractivity contribution in [3.05, 3.63) is 29.8 Å². The second-order valence-electron chi connectivity index (χ2n) is 8.78. The van der Waals surface area contributed by atoms with Crippen molar-refractivity contribution in [1.82, 2.24) is 15.1 Å². The van der Waals surface area contributed by atoms with Gasteiger partial charge < -0.3 is 19.9 Å². The zero-order valence-corrected chi connectivity index (χ0v) is 21.6. The summed E-state index contributed by atoms with van der Waals surface area (Å²) >= 11 is 0. The van der Waals surface area contributed by atoms with E-state index in [0.717, 1.165) is 83.5 Å². The number of nitrogens with zero attached hydrogens (tertiary/aromatic N) is 4. The Morgan fingerprint density at radius 3 is 2.81 bits per heavy atom. The summed E-state index contributed by atoms with van der Waals surface area (Å²) in [6.45, 7) is 11.6. The molecule has 0 radical (unpaired) electrons. The minimum absolute atomic E-state index is 0. The number of nitrogens with one attached hydrogen (secondary N) is 1. The third kappa shape index (κ3) is 6.57. The van der Waals surface area contributed by atoms with Crippen LogP contribution >= 0.6 is 24.0 Å². The summed E-state index contributed by atoms with van der Waals surface area (Å²) in [5.74, 6) is 1.92. The summed E-state index contributed by atoms with van der Waals surface area (Å²) in [7, 11) is 0. The molecular weight excluding hydrogens is 517 g/mol. The van der Waals surface area contributed by atoms with E-state index in [0.29, 0.717) is 18.9 Å². The van der Waals surface area contributed by atoms with Crippen LogP contribution in [0.4, 0.5) is 5.69 Å². The molecule has 3 heterocycles. The van der Waals surface area contributed by atoms with E-state index in [4.69, 9.17) is 9.73 Å². The van der Waals surface area contributed by atoms with Gasteiger partial charge in [-0.1, -0.05) is 18.2 Å². The van der Waals surface area contributed by atoms with E-state index < -0.39 is 0 Å². The highest BCUT2D eigenvalue weighted by atomic mass is 127. The molecule has 4 rings (SSSR count). The number of morpholine rings is 1. The fourth-order valence-electron chi connectivity index (χ4n) is 4.90. The SMILES string of the molecule is CCNC(=NCCCC(=O)N1CCc2ccccc21)N1CCC(CN2CCOCC2)C1.I. The van der Waals surface area contributed by atoms with Crippen molar-refractivity contribution in [2.24, 2.45) is 10.9 Å². The number of ether oxygens (including phenoxy) is 1. The Kier molecular flexibility index (Phi) is 10.1. The first-order valence-electron chi connectivity index (χ1n) is 12.0. The maximum Gasteiger partial charge on any atom is 0.227 e. The Bertz CT molecular complexity index is 769. The molecule has 0 bridgehead atoms. The minimum atomic E-state index is 0. The Labute approximate surface area is 209 Å². The average molecular weight is 556 g/mol. The van der Waals surface area contributed by atoms with Crippen molar-refractivity contribution in [2.45, 2.75) is 32.6 Å². The third-order valence-corrected chi connectivity index (χ3v) is 6.54. The molecule has 8 heteroatoms. The maximum atomic E-state index is 12.7. The number of anilines is 1. The molecule has 1 atom stereocenters. The van der Waals surface area contributed by atoms with Crippen LogP contribution < -0.4 is 10.2 Å². The number of benzene rings is 1. The molecule has 2 saturated heterocycles. The van der Waals surface area contributed by atoms with Crippen molar-refractivity contribution < 1.29 is 9.53 Å².